The molecule has 112 valence electrons. The van der Waals surface area contributed by atoms with Gasteiger partial charge in [-0.05, 0) is 30.4 Å². The highest BCUT2D eigenvalue weighted by Crippen LogP contribution is 2.31. The predicted octanol–water partition coefficient (Wildman–Crippen LogP) is 3.05. The smallest absolute Gasteiger partial charge is 0.306 e. The van der Waals surface area contributed by atoms with Crippen molar-refractivity contribution in [1.29, 1.82) is 0 Å². The second kappa shape index (κ2) is 6.89. The molecule has 0 aliphatic rings. The Bertz CT molecular complexity index is 437. The van der Waals surface area contributed by atoms with E-state index in [9.17, 15) is 4.79 Å². The number of rotatable bonds is 6. The quantitative estimate of drug-likeness (QED) is 0.813. The van der Waals surface area contributed by atoms with E-state index in [2.05, 4.69) is 38.1 Å². The van der Waals surface area contributed by atoms with E-state index in [4.69, 9.17) is 10.5 Å². The summed E-state index contributed by atoms with van der Waals surface area (Å²) in [4.78, 5) is 11.6. The van der Waals surface area contributed by atoms with Crippen molar-refractivity contribution in [3.63, 3.8) is 0 Å². The van der Waals surface area contributed by atoms with Crippen molar-refractivity contribution in [3.8, 4) is 0 Å². The van der Waals surface area contributed by atoms with Crippen LogP contribution >= 0.6 is 0 Å². The van der Waals surface area contributed by atoms with E-state index < -0.39 is 5.41 Å². The van der Waals surface area contributed by atoms with Crippen LogP contribution in [0.3, 0.4) is 0 Å². The average Bonchev–Trinajstić information content (AvgIpc) is 2.38. The number of esters is 1. The summed E-state index contributed by atoms with van der Waals surface area (Å²) < 4.78 is 4.80. The van der Waals surface area contributed by atoms with Crippen molar-refractivity contribution in [2.45, 2.75) is 52.0 Å². The SMILES string of the molecule is COC(=O)CC(C)(c1ccc(CC(C)C)cc1)C(C)N. The van der Waals surface area contributed by atoms with Crippen LogP contribution < -0.4 is 5.73 Å². The number of carbonyl (C=O) groups is 1. The zero-order chi connectivity index (χ0) is 15.3. The molecule has 0 heterocycles. The van der Waals surface area contributed by atoms with Gasteiger partial charge in [0.1, 0.15) is 0 Å². The largest absolute Gasteiger partial charge is 0.469 e. The molecule has 0 radical (unpaired) electrons. The van der Waals surface area contributed by atoms with Crippen LogP contribution in [-0.2, 0) is 21.4 Å². The molecule has 0 aliphatic carbocycles. The summed E-state index contributed by atoms with van der Waals surface area (Å²) in [6, 6.07) is 8.31. The Morgan fingerprint density at radius 1 is 1.25 bits per heavy atom. The van der Waals surface area contributed by atoms with Crippen molar-refractivity contribution in [2.75, 3.05) is 7.11 Å². The average molecular weight is 277 g/mol. The molecular formula is C17H27NO2. The molecule has 1 aromatic rings. The standard InChI is InChI=1S/C17H27NO2/c1-12(2)10-14-6-8-15(9-7-14)17(4,13(3)18)11-16(19)20-5/h6-9,12-13H,10-11,18H2,1-5H3. The molecule has 0 spiro atoms. The number of nitrogens with two attached hydrogens (primary N) is 1. The summed E-state index contributed by atoms with van der Waals surface area (Å²) in [5.74, 6) is 0.409. The maximum atomic E-state index is 11.6. The van der Waals surface area contributed by atoms with E-state index in [0.717, 1.165) is 12.0 Å². The molecule has 3 heteroatoms. The minimum atomic E-state index is -0.399. The van der Waals surface area contributed by atoms with Gasteiger partial charge in [-0.25, -0.2) is 0 Å². The van der Waals surface area contributed by atoms with Gasteiger partial charge in [-0.1, -0.05) is 45.0 Å². The molecule has 1 rings (SSSR count). The predicted molar refractivity (Wildman–Crippen MR) is 82.6 cm³/mol. The number of ether oxygens (including phenoxy) is 1. The highest BCUT2D eigenvalue weighted by Gasteiger charge is 2.34. The van der Waals surface area contributed by atoms with Gasteiger partial charge in [0.05, 0.1) is 13.5 Å². The van der Waals surface area contributed by atoms with Crippen LogP contribution in [0, 0.1) is 5.92 Å². The third-order valence-electron chi connectivity index (χ3n) is 4.00. The fraction of sp³-hybridized carbons (Fsp3) is 0.588. The molecule has 2 unspecified atom stereocenters. The molecule has 0 bridgehead atoms. The first kappa shape index (κ1) is 16.7. The summed E-state index contributed by atoms with van der Waals surface area (Å²) in [6.45, 7) is 8.37. The van der Waals surface area contributed by atoms with Gasteiger partial charge in [0.25, 0.3) is 0 Å². The molecule has 2 N–H and O–H groups in total. The fourth-order valence-corrected chi connectivity index (χ4v) is 2.39. The van der Waals surface area contributed by atoms with Gasteiger partial charge in [-0.2, -0.15) is 0 Å². The van der Waals surface area contributed by atoms with E-state index in [1.54, 1.807) is 0 Å². The van der Waals surface area contributed by atoms with Crippen molar-refractivity contribution in [1.82, 2.24) is 0 Å². The van der Waals surface area contributed by atoms with Crippen molar-refractivity contribution in [3.05, 3.63) is 35.4 Å². The van der Waals surface area contributed by atoms with Gasteiger partial charge in [0.2, 0.25) is 0 Å². The molecule has 3 nitrogen and oxygen atoms in total. The minimum absolute atomic E-state index is 0.127. The van der Waals surface area contributed by atoms with Gasteiger partial charge in [0, 0.05) is 11.5 Å². The monoisotopic (exact) mass is 277 g/mol. The Hall–Kier alpha value is -1.35. The summed E-state index contributed by atoms with van der Waals surface area (Å²) in [5, 5.41) is 0. The van der Waals surface area contributed by atoms with Crippen LogP contribution in [0.15, 0.2) is 24.3 Å². The first-order valence-electron chi connectivity index (χ1n) is 7.21. The van der Waals surface area contributed by atoms with Crippen molar-refractivity contribution >= 4 is 5.97 Å². The number of carbonyl (C=O) groups excluding carboxylic acids is 1. The van der Waals surface area contributed by atoms with Gasteiger partial charge < -0.3 is 10.5 Å². The summed E-state index contributed by atoms with van der Waals surface area (Å²) in [7, 11) is 1.41. The fourth-order valence-electron chi connectivity index (χ4n) is 2.39. The Kier molecular flexibility index (Phi) is 5.75. The Morgan fingerprint density at radius 3 is 2.20 bits per heavy atom. The minimum Gasteiger partial charge on any atom is -0.469 e. The maximum Gasteiger partial charge on any atom is 0.306 e. The molecule has 0 saturated carbocycles. The van der Waals surface area contributed by atoms with E-state index in [1.807, 2.05) is 13.8 Å². The van der Waals surface area contributed by atoms with Gasteiger partial charge >= 0.3 is 5.97 Å². The molecule has 1 aromatic carbocycles. The maximum absolute atomic E-state index is 11.6. The third kappa shape index (κ3) is 4.07. The lowest BCUT2D eigenvalue weighted by molar-refractivity contribution is -0.142. The summed E-state index contributed by atoms with van der Waals surface area (Å²) in [5.41, 5.74) is 8.12. The molecular weight excluding hydrogens is 250 g/mol. The Labute approximate surface area is 122 Å². The molecule has 0 fully saturated rings. The lowest BCUT2D eigenvalue weighted by Crippen LogP contribution is -2.42. The van der Waals surface area contributed by atoms with E-state index in [1.165, 1.54) is 12.7 Å². The highest BCUT2D eigenvalue weighted by molar-refractivity contribution is 5.71. The van der Waals surface area contributed by atoms with Crippen LogP contribution in [0.25, 0.3) is 0 Å². The van der Waals surface area contributed by atoms with Gasteiger partial charge in [-0.15, -0.1) is 0 Å². The first-order valence-corrected chi connectivity index (χ1v) is 7.21. The second-order valence-electron chi connectivity index (χ2n) is 6.25. The molecule has 20 heavy (non-hydrogen) atoms. The second-order valence-corrected chi connectivity index (χ2v) is 6.25. The van der Waals surface area contributed by atoms with Crippen LogP contribution in [-0.4, -0.2) is 19.1 Å². The van der Waals surface area contributed by atoms with Crippen LogP contribution in [0.2, 0.25) is 0 Å². The first-order chi connectivity index (χ1) is 9.29. The summed E-state index contributed by atoms with van der Waals surface area (Å²) in [6.07, 6.45) is 1.36. The lowest BCUT2D eigenvalue weighted by Gasteiger charge is -2.33. The highest BCUT2D eigenvalue weighted by atomic mass is 16.5. The van der Waals surface area contributed by atoms with Crippen molar-refractivity contribution < 1.29 is 9.53 Å². The van der Waals surface area contributed by atoms with Crippen LogP contribution in [0.5, 0.6) is 0 Å². The molecule has 0 aromatic heterocycles. The molecule has 0 saturated heterocycles. The van der Waals surface area contributed by atoms with Crippen LogP contribution in [0.1, 0.15) is 45.2 Å². The number of benzene rings is 1. The molecule has 0 aliphatic heterocycles. The van der Waals surface area contributed by atoms with E-state index >= 15 is 0 Å². The van der Waals surface area contributed by atoms with Gasteiger partial charge in [0.15, 0.2) is 0 Å². The number of hydrogen-bond acceptors (Lipinski definition) is 3. The lowest BCUT2D eigenvalue weighted by atomic mass is 9.74. The van der Waals surface area contributed by atoms with Crippen LogP contribution in [0.4, 0.5) is 0 Å². The topological polar surface area (TPSA) is 52.3 Å². The molecule has 0 amide bonds. The number of methoxy groups -OCH3 is 1. The van der Waals surface area contributed by atoms with Crippen molar-refractivity contribution in [2.24, 2.45) is 11.7 Å². The normalized spacial score (nSPS) is 15.8. The zero-order valence-corrected chi connectivity index (χ0v) is 13.3. The van der Waals surface area contributed by atoms with Gasteiger partial charge in [-0.3, -0.25) is 4.79 Å². The van der Waals surface area contributed by atoms with E-state index in [-0.39, 0.29) is 12.0 Å². The summed E-state index contributed by atoms with van der Waals surface area (Å²) >= 11 is 0. The zero-order valence-electron chi connectivity index (χ0n) is 13.3. The Balaban J connectivity index is 3.00. The van der Waals surface area contributed by atoms with E-state index in [0.29, 0.717) is 12.3 Å². The molecule has 2 atom stereocenters. The third-order valence-corrected chi connectivity index (χ3v) is 4.00. The number of hydrogen-bond donors (Lipinski definition) is 1. The Morgan fingerprint density at radius 2 is 1.80 bits per heavy atom.